The second-order valence-electron chi connectivity index (χ2n) is 5.54. The molecule has 0 saturated carbocycles. The minimum absolute atomic E-state index is 0.0707. The number of nitriles is 1. The SMILES string of the molecule is CC(C)(C)c1ncc(CNc2cc(C#N)ccc2Cl)s1. The minimum Gasteiger partial charge on any atom is -0.379 e. The van der Waals surface area contributed by atoms with Gasteiger partial charge in [0, 0.05) is 16.5 Å². The molecule has 0 unspecified atom stereocenters. The van der Waals surface area contributed by atoms with Crippen LogP contribution in [0.2, 0.25) is 5.02 Å². The maximum atomic E-state index is 8.90. The van der Waals surface area contributed by atoms with E-state index in [0.717, 1.165) is 15.6 Å². The van der Waals surface area contributed by atoms with Crippen molar-refractivity contribution in [1.82, 2.24) is 4.98 Å². The molecule has 20 heavy (non-hydrogen) atoms. The lowest BCUT2D eigenvalue weighted by molar-refractivity contribution is 0.585. The van der Waals surface area contributed by atoms with Gasteiger partial charge >= 0.3 is 0 Å². The lowest BCUT2D eigenvalue weighted by Gasteiger charge is -2.13. The number of aromatic nitrogens is 1. The average Bonchev–Trinajstić information content (AvgIpc) is 2.86. The van der Waals surface area contributed by atoms with E-state index in [9.17, 15) is 0 Å². The third-order valence-electron chi connectivity index (χ3n) is 2.74. The summed E-state index contributed by atoms with van der Waals surface area (Å²) in [6.45, 7) is 7.10. The summed E-state index contributed by atoms with van der Waals surface area (Å²) in [6, 6.07) is 7.30. The fourth-order valence-corrected chi connectivity index (χ4v) is 2.74. The Morgan fingerprint density at radius 1 is 1.40 bits per heavy atom. The van der Waals surface area contributed by atoms with Gasteiger partial charge in [-0.25, -0.2) is 4.98 Å². The molecule has 0 aliphatic carbocycles. The van der Waals surface area contributed by atoms with E-state index in [1.807, 2.05) is 6.20 Å². The van der Waals surface area contributed by atoms with E-state index in [1.54, 1.807) is 29.5 Å². The van der Waals surface area contributed by atoms with Crippen molar-refractivity contribution in [3.63, 3.8) is 0 Å². The van der Waals surface area contributed by atoms with Crippen molar-refractivity contribution in [2.45, 2.75) is 32.7 Å². The molecule has 3 nitrogen and oxygen atoms in total. The molecule has 104 valence electrons. The van der Waals surface area contributed by atoms with Crippen molar-refractivity contribution < 1.29 is 0 Å². The Bertz CT molecular complexity index is 650. The monoisotopic (exact) mass is 305 g/mol. The molecule has 0 aliphatic heterocycles. The van der Waals surface area contributed by atoms with Crippen LogP contribution in [0.15, 0.2) is 24.4 Å². The Morgan fingerprint density at radius 2 is 2.15 bits per heavy atom. The van der Waals surface area contributed by atoms with Crippen LogP contribution in [-0.2, 0) is 12.0 Å². The van der Waals surface area contributed by atoms with Gasteiger partial charge in [-0.15, -0.1) is 11.3 Å². The van der Waals surface area contributed by atoms with E-state index in [4.69, 9.17) is 16.9 Å². The van der Waals surface area contributed by atoms with E-state index < -0.39 is 0 Å². The van der Waals surface area contributed by atoms with Gasteiger partial charge in [0.25, 0.3) is 0 Å². The molecule has 0 aliphatic rings. The molecule has 0 amide bonds. The van der Waals surface area contributed by atoms with Gasteiger partial charge < -0.3 is 5.32 Å². The summed E-state index contributed by atoms with van der Waals surface area (Å²) in [7, 11) is 0. The van der Waals surface area contributed by atoms with E-state index in [1.165, 1.54) is 0 Å². The lowest BCUT2D eigenvalue weighted by atomic mass is 9.98. The highest BCUT2D eigenvalue weighted by Crippen LogP contribution is 2.28. The second kappa shape index (κ2) is 5.82. The smallest absolute Gasteiger partial charge is 0.0992 e. The summed E-state index contributed by atoms with van der Waals surface area (Å²) in [5.41, 5.74) is 1.44. The quantitative estimate of drug-likeness (QED) is 0.903. The summed E-state index contributed by atoms with van der Waals surface area (Å²) in [4.78, 5) is 5.60. The van der Waals surface area contributed by atoms with Crippen molar-refractivity contribution in [3.8, 4) is 6.07 Å². The molecular weight excluding hydrogens is 290 g/mol. The van der Waals surface area contributed by atoms with Crippen LogP contribution in [0.3, 0.4) is 0 Å². The zero-order valence-electron chi connectivity index (χ0n) is 11.7. The number of nitrogens with one attached hydrogen (secondary N) is 1. The van der Waals surface area contributed by atoms with Crippen LogP contribution in [0.5, 0.6) is 0 Å². The van der Waals surface area contributed by atoms with Crippen molar-refractivity contribution in [2.75, 3.05) is 5.32 Å². The number of nitrogens with zero attached hydrogens (tertiary/aromatic N) is 2. The number of thiazole rings is 1. The number of anilines is 1. The molecule has 2 aromatic rings. The summed E-state index contributed by atoms with van der Waals surface area (Å²) in [6.07, 6.45) is 1.89. The fourth-order valence-electron chi connectivity index (χ4n) is 1.65. The van der Waals surface area contributed by atoms with Gasteiger partial charge in [-0.3, -0.25) is 0 Å². The molecule has 1 aromatic carbocycles. The highest BCUT2D eigenvalue weighted by molar-refractivity contribution is 7.11. The maximum Gasteiger partial charge on any atom is 0.0992 e. The lowest BCUT2D eigenvalue weighted by Crippen LogP contribution is -2.09. The second-order valence-corrected chi connectivity index (χ2v) is 7.06. The Morgan fingerprint density at radius 3 is 2.75 bits per heavy atom. The van der Waals surface area contributed by atoms with Gasteiger partial charge in [0.15, 0.2) is 0 Å². The normalized spacial score (nSPS) is 11.2. The highest BCUT2D eigenvalue weighted by Gasteiger charge is 2.17. The van der Waals surface area contributed by atoms with E-state index in [0.29, 0.717) is 17.1 Å². The van der Waals surface area contributed by atoms with Crippen LogP contribution in [0.1, 0.15) is 36.2 Å². The molecule has 2 rings (SSSR count). The van der Waals surface area contributed by atoms with Crippen molar-refractivity contribution in [1.29, 1.82) is 5.26 Å². The summed E-state index contributed by atoms with van der Waals surface area (Å²) in [5.74, 6) is 0. The van der Waals surface area contributed by atoms with E-state index in [-0.39, 0.29) is 5.41 Å². The van der Waals surface area contributed by atoms with Crippen LogP contribution in [0.4, 0.5) is 5.69 Å². The third kappa shape index (κ3) is 3.50. The van der Waals surface area contributed by atoms with Crippen LogP contribution in [0.25, 0.3) is 0 Å². The molecule has 0 atom stereocenters. The highest BCUT2D eigenvalue weighted by atomic mass is 35.5. The number of hydrogen-bond donors (Lipinski definition) is 1. The Balaban J connectivity index is 2.09. The molecule has 0 spiro atoms. The molecule has 1 aromatic heterocycles. The largest absolute Gasteiger partial charge is 0.379 e. The summed E-state index contributed by atoms with van der Waals surface area (Å²) >= 11 is 7.81. The van der Waals surface area contributed by atoms with Gasteiger partial charge in [-0.1, -0.05) is 32.4 Å². The van der Waals surface area contributed by atoms with Crippen LogP contribution in [-0.4, -0.2) is 4.98 Å². The van der Waals surface area contributed by atoms with Gasteiger partial charge in [0.05, 0.1) is 33.9 Å². The number of halogens is 1. The van der Waals surface area contributed by atoms with Gasteiger partial charge in [0.1, 0.15) is 0 Å². The zero-order chi connectivity index (χ0) is 14.8. The van der Waals surface area contributed by atoms with Gasteiger partial charge in [-0.05, 0) is 18.2 Å². The van der Waals surface area contributed by atoms with Gasteiger partial charge in [0.2, 0.25) is 0 Å². The van der Waals surface area contributed by atoms with Crippen LogP contribution in [0, 0.1) is 11.3 Å². The Hall–Kier alpha value is -1.57. The molecular formula is C15H16ClN3S. The predicted octanol–water partition coefficient (Wildman–Crippen LogP) is 4.58. The summed E-state index contributed by atoms with van der Waals surface area (Å²) < 4.78 is 0. The maximum absolute atomic E-state index is 8.90. The van der Waals surface area contributed by atoms with E-state index in [2.05, 4.69) is 37.1 Å². The van der Waals surface area contributed by atoms with Crippen LogP contribution >= 0.6 is 22.9 Å². The minimum atomic E-state index is 0.0707. The number of benzene rings is 1. The first-order chi connectivity index (χ1) is 9.40. The third-order valence-corrected chi connectivity index (χ3v) is 4.50. The summed E-state index contributed by atoms with van der Waals surface area (Å²) in [5, 5.41) is 13.9. The molecule has 5 heteroatoms. The first-order valence-electron chi connectivity index (χ1n) is 6.29. The van der Waals surface area contributed by atoms with Crippen molar-refractivity contribution in [3.05, 3.63) is 44.9 Å². The standard InChI is InChI=1S/C15H16ClN3S/c1-15(2,3)14-19-9-11(20-14)8-18-13-6-10(7-17)4-5-12(13)16/h4-6,9,18H,8H2,1-3H3. The molecule has 1 heterocycles. The number of rotatable bonds is 3. The molecule has 0 radical (unpaired) electrons. The number of hydrogen-bond acceptors (Lipinski definition) is 4. The molecule has 0 bridgehead atoms. The first-order valence-corrected chi connectivity index (χ1v) is 7.48. The molecule has 0 fully saturated rings. The predicted molar refractivity (Wildman–Crippen MR) is 84.3 cm³/mol. The van der Waals surface area contributed by atoms with Gasteiger partial charge in [-0.2, -0.15) is 5.26 Å². The topological polar surface area (TPSA) is 48.7 Å². The first kappa shape index (κ1) is 14.8. The fraction of sp³-hybridized carbons (Fsp3) is 0.333. The Kier molecular flexibility index (Phi) is 4.32. The molecule has 1 N–H and O–H groups in total. The Labute approximate surface area is 128 Å². The zero-order valence-corrected chi connectivity index (χ0v) is 13.3. The van der Waals surface area contributed by atoms with Crippen LogP contribution < -0.4 is 5.32 Å². The average molecular weight is 306 g/mol. The van der Waals surface area contributed by atoms with Crippen molar-refractivity contribution in [2.24, 2.45) is 0 Å². The molecule has 0 saturated heterocycles. The van der Waals surface area contributed by atoms with Crippen molar-refractivity contribution >= 4 is 28.6 Å². The van der Waals surface area contributed by atoms with E-state index >= 15 is 0 Å².